The van der Waals surface area contributed by atoms with Crippen molar-refractivity contribution in [3.8, 4) is 5.69 Å². The fourth-order valence-electron chi connectivity index (χ4n) is 4.76. The molecule has 5 aromatic rings. The first-order valence-electron chi connectivity index (χ1n) is 11.5. The monoisotopic (exact) mass is 470 g/mol. The number of aryl methyl sites for hydroxylation is 1. The number of hydrogen-bond acceptors (Lipinski definition) is 6. The number of benzene rings is 1. The largest absolute Gasteiger partial charge is 0.348 e. The number of aromatic nitrogens is 6. The second-order valence-corrected chi connectivity index (χ2v) is 8.69. The predicted molar refractivity (Wildman–Crippen MR) is 130 cm³/mol. The van der Waals surface area contributed by atoms with E-state index in [1.54, 1.807) is 35.5 Å². The maximum absolute atomic E-state index is 15.5. The molecule has 6 rings (SSSR count). The topological polar surface area (TPSA) is 93.8 Å². The smallest absolute Gasteiger partial charge is 0.262 e. The molecule has 0 radical (unpaired) electrons. The van der Waals surface area contributed by atoms with Gasteiger partial charge in [-0.1, -0.05) is 5.21 Å². The number of carbonyl (C=O) groups excluding carboxylic acids is 1. The Morgan fingerprint density at radius 1 is 1.17 bits per heavy atom. The number of amides is 1. The highest BCUT2D eigenvalue weighted by Crippen LogP contribution is 2.30. The average Bonchev–Trinajstić information content (AvgIpc) is 3.49. The highest BCUT2D eigenvalue weighted by molar-refractivity contribution is 6.10. The first-order chi connectivity index (χ1) is 17.1. The third-order valence-electron chi connectivity index (χ3n) is 6.49. The van der Waals surface area contributed by atoms with E-state index in [-0.39, 0.29) is 11.6 Å². The molecule has 0 bridgehead atoms. The number of rotatable bonds is 4. The Bertz CT molecular complexity index is 1550. The molecule has 10 heteroatoms. The number of pyridine rings is 2. The molecule has 176 valence electrons. The third-order valence-corrected chi connectivity index (χ3v) is 6.49. The van der Waals surface area contributed by atoms with Crippen molar-refractivity contribution in [1.82, 2.24) is 34.8 Å². The molecule has 1 aliphatic rings. The predicted octanol–water partition coefficient (Wildman–Crippen LogP) is 3.24. The maximum atomic E-state index is 15.5. The van der Waals surface area contributed by atoms with Crippen molar-refractivity contribution in [2.24, 2.45) is 7.05 Å². The molecule has 0 aliphatic carbocycles. The normalized spacial score (nSPS) is 16.1. The molecule has 1 N–H and O–H groups in total. The van der Waals surface area contributed by atoms with E-state index >= 15 is 4.39 Å². The molecule has 0 saturated carbocycles. The van der Waals surface area contributed by atoms with Gasteiger partial charge in [-0.3, -0.25) is 9.69 Å². The second kappa shape index (κ2) is 8.55. The summed E-state index contributed by atoms with van der Waals surface area (Å²) < 4.78 is 18.9. The van der Waals surface area contributed by atoms with Gasteiger partial charge in [-0.2, -0.15) is 4.68 Å². The Kier molecular flexibility index (Phi) is 5.22. The molecule has 1 amide bonds. The fourth-order valence-corrected chi connectivity index (χ4v) is 4.76. The van der Waals surface area contributed by atoms with Crippen LogP contribution in [0.15, 0.2) is 61.1 Å². The zero-order chi connectivity index (χ0) is 23.9. The van der Waals surface area contributed by atoms with Gasteiger partial charge in [-0.05, 0) is 55.8 Å². The van der Waals surface area contributed by atoms with Crippen molar-refractivity contribution in [1.29, 1.82) is 0 Å². The van der Waals surface area contributed by atoms with Gasteiger partial charge in [0.1, 0.15) is 11.3 Å². The minimum Gasteiger partial charge on any atom is -0.348 e. The third kappa shape index (κ3) is 3.62. The summed E-state index contributed by atoms with van der Waals surface area (Å²) in [5, 5.41) is 12.5. The molecule has 0 spiro atoms. The van der Waals surface area contributed by atoms with Crippen molar-refractivity contribution < 1.29 is 9.18 Å². The van der Waals surface area contributed by atoms with Crippen LogP contribution in [0.2, 0.25) is 0 Å². The van der Waals surface area contributed by atoms with E-state index in [9.17, 15) is 4.79 Å². The summed E-state index contributed by atoms with van der Waals surface area (Å²) in [6, 6.07) is 11.7. The number of nitrogens with one attached hydrogen (secondary N) is 1. The van der Waals surface area contributed by atoms with Gasteiger partial charge in [-0.25, -0.2) is 14.4 Å². The van der Waals surface area contributed by atoms with E-state index in [0.717, 1.165) is 30.3 Å². The van der Waals surface area contributed by atoms with E-state index in [1.807, 2.05) is 29.9 Å². The van der Waals surface area contributed by atoms with Gasteiger partial charge < -0.3 is 9.88 Å². The van der Waals surface area contributed by atoms with Crippen LogP contribution < -0.4 is 10.2 Å². The Hall–Kier alpha value is -4.18. The molecule has 1 aliphatic heterocycles. The van der Waals surface area contributed by atoms with Gasteiger partial charge in [0, 0.05) is 43.6 Å². The number of hydrogen-bond donors (Lipinski definition) is 1. The summed E-state index contributed by atoms with van der Waals surface area (Å²) in [6.45, 7) is 1.51. The highest BCUT2D eigenvalue weighted by Gasteiger charge is 2.32. The second-order valence-electron chi connectivity index (χ2n) is 8.69. The summed E-state index contributed by atoms with van der Waals surface area (Å²) in [4.78, 5) is 24.4. The highest BCUT2D eigenvalue weighted by atomic mass is 19.1. The molecule has 1 atom stereocenters. The van der Waals surface area contributed by atoms with E-state index in [2.05, 4.69) is 25.6 Å². The Morgan fingerprint density at radius 3 is 2.91 bits per heavy atom. The van der Waals surface area contributed by atoms with Crippen LogP contribution in [0.1, 0.15) is 23.2 Å². The van der Waals surface area contributed by atoms with Gasteiger partial charge in [-0.15, -0.1) is 5.10 Å². The van der Waals surface area contributed by atoms with Crippen LogP contribution in [0.25, 0.3) is 27.8 Å². The van der Waals surface area contributed by atoms with Crippen molar-refractivity contribution in [2.45, 2.75) is 18.9 Å². The summed E-state index contributed by atoms with van der Waals surface area (Å²) in [6.07, 6.45) is 6.98. The van der Waals surface area contributed by atoms with Gasteiger partial charge in [0.25, 0.3) is 5.91 Å². The van der Waals surface area contributed by atoms with Crippen LogP contribution in [-0.4, -0.2) is 54.6 Å². The lowest BCUT2D eigenvalue weighted by molar-refractivity contribution is 0.0968. The van der Waals surface area contributed by atoms with Crippen LogP contribution in [0.5, 0.6) is 0 Å². The molecule has 35 heavy (non-hydrogen) atoms. The van der Waals surface area contributed by atoms with E-state index < -0.39 is 11.7 Å². The summed E-state index contributed by atoms with van der Waals surface area (Å²) in [7, 11) is 1.92. The molecule has 9 nitrogen and oxygen atoms in total. The first kappa shape index (κ1) is 21.4. The molecule has 1 saturated heterocycles. The zero-order valence-corrected chi connectivity index (χ0v) is 19.1. The minimum absolute atomic E-state index is 0.0234. The lowest BCUT2D eigenvalue weighted by Crippen LogP contribution is -2.49. The Morgan fingerprint density at radius 2 is 2.09 bits per heavy atom. The lowest BCUT2D eigenvalue weighted by Gasteiger charge is -2.34. The van der Waals surface area contributed by atoms with Crippen LogP contribution in [-0.2, 0) is 7.05 Å². The molecular weight excluding hydrogens is 447 g/mol. The zero-order valence-electron chi connectivity index (χ0n) is 19.1. The van der Waals surface area contributed by atoms with Crippen molar-refractivity contribution >= 4 is 33.8 Å². The van der Waals surface area contributed by atoms with Gasteiger partial charge in [0.2, 0.25) is 0 Å². The quantitative estimate of drug-likeness (QED) is 0.434. The summed E-state index contributed by atoms with van der Waals surface area (Å²) in [5.74, 6) is -0.533. The standard InChI is InChI=1S/C25H23FN8O/c1-32-13-9-16-8-12-29-24(22(16)32)33(18-4-2-10-27-15-18)25(35)19-7-6-17(14-20(19)26)34-23-21(30-31-34)5-3-11-28-23/h3,5-9,11-14,18,27H,2,4,10,15H2,1H3/t18-/m1/s1. The van der Waals surface area contributed by atoms with Crippen molar-refractivity contribution in [3.05, 3.63) is 72.4 Å². The fraction of sp³-hybridized carbons (Fsp3) is 0.240. The molecular formula is C25H23FN8O. The number of nitrogens with zero attached hydrogens (tertiary/aromatic N) is 7. The minimum atomic E-state index is -0.639. The molecule has 0 unspecified atom stereocenters. The number of anilines is 1. The summed E-state index contributed by atoms with van der Waals surface area (Å²) >= 11 is 0. The SMILES string of the molecule is Cn1ccc2ccnc(N(C(=O)c3ccc(-n4nnc5cccnc54)cc3F)[C@@H]3CCCNC3)c21. The summed E-state index contributed by atoms with van der Waals surface area (Å²) in [5.41, 5.74) is 2.37. The number of piperidine rings is 1. The van der Waals surface area contributed by atoms with E-state index in [1.165, 1.54) is 16.8 Å². The number of halogens is 1. The Labute approximate surface area is 200 Å². The number of carbonyl (C=O) groups is 1. The van der Waals surface area contributed by atoms with Crippen molar-refractivity contribution in [3.63, 3.8) is 0 Å². The van der Waals surface area contributed by atoms with E-state index in [0.29, 0.717) is 29.2 Å². The first-order valence-corrected chi connectivity index (χ1v) is 11.5. The molecule has 5 heterocycles. The maximum Gasteiger partial charge on any atom is 0.262 e. The average molecular weight is 471 g/mol. The lowest BCUT2D eigenvalue weighted by atomic mass is 10.0. The van der Waals surface area contributed by atoms with Gasteiger partial charge in [0.15, 0.2) is 11.5 Å². The molecule has 1 fully saturated rings. The van der Waals surface area contributed by atoms with Gasteiger partial charge in [0.05, 0.1) is 22.8 Å². The van der Waals surface area contributed by atoms with Crippen LogP contribution in [0.4, 0.5) is 10.2 Å². The van der Waals surface area contributed by atoms with Crippen molar-refractivity contribution in [2.75, 3.05) is 18.0 Å². The van der Waals surface area contributed by atoms with Crippen LogP contribution in [0.3, 0.4) is 0 Å². The van der Waals surface area contributed by atoms with Gasteiger partial charge >= 0.3 is 0 Å². The Balaban J connectivity index is 1.43. The number of fused-ring (bicyclic) bond motifs is 2. The van der Waals surface area contributed by atoms with Crippen LogP contribution in [0, 0.1) is 5.82 Å². The molecule has 1 aromatic carbocycles. The van der Waals surface area contributed by atoms with E-state index in [4.69, 9.17) is 0 Å². The molecule has 4 aromatic heterocycles. The van der Waals surface area contributed by atoms with Crippen LogP contribution >= 0.6 is 0 Å².